The third-order valence-corrected chi connectivity index (χ3v) is 6.30. The highest BCUT2D eigenvalue weighted by Gasteiger charge is 2.26. The smallest absolute Gasteiger partial charge is 0.177 e. The van der Waals surface area contributed by atoms with E-state index in [4.69, 9.17) is 5.10 Å². The van der Waals surface area contributed by atoms with Crippen molar-refractivity contribution in [1.29, 1.82) is 0 Å². The predicted octanol–water partition coefficient (Wildman–Crippen LogP) is 4.38. The van der Waals surface area contributed by atoms with Crippen LogP contribution >= 0.6 is 11.5 Å². The molecule has 6 nitrogen and oxygen atoms in total. The molecule has 0 saturated heterocycles. The second-order valence-corrected chi connectivity index (χ2v) is 8.19. The van der Waals surface area contributed by atoms with Crippen molar-refractivity contribution in [2.45, 2.75) is 26.7 Å². The Bertz CT molecular complexity index is 1180. The lowest BCUT2D eigenvalue weighted by Gasteiger charge is -2.26. The molecule has 140 valence electrons. The summed E-state index contributed by atoms with van der Waals surface area (Å²) in [5.74, 6) is 1.68. The van der Waals surface area contributed by atoms with E-state index in [9.17, 15) is 0 Å². The molecule has 0 amide bonds. The first-order valence-corrected chi connectivity index (χ1v) is 10.2. The van der Waals surface area contributed by atoms with Crippen molar-refractivity contribution in [1.82, 2.24) is 24.2 Å². The molecule has 0 radical (unpaired) electrons. The normalized spacial score (nSPS) is 22.1. The molecule has 5 rings (SSSR count). The molecular weight excluding hydrogens is 368 g/mol. The average molecular weight is 389 g/mol. The van der Waals surface area contributed by atoms with E-state index in [1.807, 2.05) is 29.8 Å². The van der Waals surface area contributed by atoms with Gasteiger partial charge in [0.25, 0.3) is 0 Å². The summed E-state index contributed by atoms with van der Waals surface area (Å²) in [6.07, 6.45) is 10.6. The quantitative estimate of drug-likeness (QED) is 0.668. The Morgan fingerprint density at radius 1 is 1.18 bits per heavy atom. The van der Waals surface area contributed by atoms with Crippen molar-refractivity contribution in [3.05, 3.63) is 65.8 Å². The van der Waals surface area contributed by atoms with E-state index < -0.39 is 0 Å². The summed E-state index contributed by atoms with van der Waals surface area (Å²) >= 11 is 1.46. The maximum absolute atomic E-state index is 4.81. The second kappa shape index (κ2) is 6.60. The molecule has 2 unspecified atom stereocenters. The number of fused-ring (bicyclic) bond motifs is 2. The molecule has 7 heteroatoms. The van der Waals surface area contributed by atoms with Gasteiger partial charge in [-0.15, -0.1) is 10.2 Å². The van der Waals surface area contributed by atoms with Gasteiger partial charge >= 0.3 is 0 Å². The SMILES string of the molecule is Cc1cc(-c2ccc3nnc([C@@H](C)C4=CC5C(=NC=CC5C)C=C4)n3n2)sn1. The van der Waals surface area contributed by atoms with Crippen LogP contribution in [0.15, 0.2) is 59.3 Å². The average Bonchev–Trinajstić information content (AvgIpc) is 3.33. The Morgan fingerprint density at radius 3 is 2.89 bits per heavy atom. The van der Waals surface area contributed by atoms with Gasteiger partial charge in [0.2, 0.25) is 0 Å². The number of hydrogen-bond donors (Lipinski definition) is 0. The van der Waals surface area contributed by atoms with Crippen LogP contribution in [0.3, 0.4) is 0 Å². The Kier molecular flexibility index (Phi) is 4.05. The van der Waals surface area contributed by atoms with Crippen LogP contribution in [-0.2, 0) is 0 Å². The van der Waals surface area contributed by atoms with E-state index in [0.717, 1.165) is 33.4 Å². The van der Waals surface area contributed by atoms with Gasteiger partial charge < -0.3 is 0 Å². The van der Waals surface area contributed by atoms with Crippen molar-refractivity contribution in [2.24, 2.45) is 16.8 Å². The minimum atomic E-state index is 0.0804. The molecule has 0 bridgehead atoms. The molecule has 3 atom stereocenters. The first-order chi connectivity index (χ1) is 13.6. The van der Waals surface area contributed by atoms with Crippen molar-refractivity contribution < 1.29 is 0 Å². The Labute approximate surface area is 167 Å². The summed E-state index contributed by atoms with van der Waals surface area (Å²) in [5, 5.41) is 13.6. The minimum absolute atomic E-state index is 0.0804. The predicted molar refractivity (Wildman–Crippen MR) is 111 cm³/mol. The maximum atomic E-state index is 4.81. The molecule has 0 N–H and O–H groups in total. The van der Waals surface area contributed by atoms with Crippen LogP contribution in [0.2, 0.25) is 0 Å². The van der Waals surface area contributed by atoms with E-state index in [0.29, 0.717) is 11.8 Å². The van der Waals surface area contributed by atoms with E-state index >= 15 is 0 Å². The largest absolute Gasteiger partial charge is 0.261 e. The van der Waals surface area contributed by atoms with Crippen LogP contribution < -0.4 is 0 Å². The molecule has 1 aliphatic carbocycles. The molecule has 28 heavy (non-hydrogen) atoms. The fourth-order valence-corrected chi connectivity index (χ4v) is 4.43. The van der Waals surface area contributed by atoms with E-state index in [2.05, 4.69) is 63.8 Å². The third kappa shape index (κ3) is 2.82. The summed E-state index contributed by atoms with van der Waals surface area (Å²) in [6, 6.07) is 5.99. The van der Waals surface area contributed by atoms with Crippen LogP contribution in [0.5, 0.6) is 0 Å². The van der Waals surface area contributed by atoms with Gasteiger partial charge in [0.05, 0.1) is 10.6 Å². The van der Waals surface area contributed by atoms with Crippen molar-refractivity contribution >= 4 is 22.9 Å². The van der Waals surface area contributed by atoms with Gasteiger partial charge in [-0.3, -0.25) is 4.99 Å². The summed E-state index contributed by atoms with van der Waals surface area (Å²) < 4.78 is 6.22. The zero-order chi connectivity index (χ0) is 19.3. The Hall–Kier alpha value is -2.93. The molecule has 3 aromatic heterocycles. The van der Waals surface area contributed by atoms with Crippen LogP contribution in [0, 0.1) is 18.8 Å². The fourth-order valence-electron chi connectivity index (χ4n) is 3.70. The summed E-state index contributed by atoms with van der Waals surface area (Å²) in [5.41, 5.74) is 4.99. The maximum Gasteiger partial charge on any atom is 0.177 e. The van der Waals surface area contributed by atoms with Crippen molar-refractivity contribution in [2.75, 3.05) is 0 Å². The zero-order valence-electron chi connectivity index (χ0n) is 15.9. The molecule has 2 aliphatic rings. The van der Waals surface area contributed by atoms with E-state index in [-0.39, 0.29) is 5.92 Å². The van der Waals surface area contributed by atoms with Crippen molar-refractivity contribution in [3.8, 4) is 10.6 Å². The van der Waals surface area contributed by atoms with Gasteiger partial charge in [-0.2, -0.15) is 14.0 Å². The Balaban J connectivity index is 1.53. The number of aliphatic imine (C=N–C) groups is 1. The van der Waals surface area contributed by atoms with Crippen LogP contribution in [0.25, 0.3) is 16.2 Å². The lowest BCUT2D eigenvalue weighted by Crippen LogP contribution is -2.23. The lowest BCUT2D eigenvalue weighted by molar-refractivity contribution is 0.622. The Morgan fingerprint density at radius 2 is 2.07 bits per heavy atom. The highest BCUT2D eigenvalue weighted by Crippen LogP contribution is 2.33. The van der Waals surface area contributed by atoms with Crippen molar-refractivity contribution in [3.63, 3.8) is 0 Å². The van der Waals surface area contributed by atoms with Gasteiger partial charge in [0, 0.05) is 23.7 Å². The highest BCUT2D eigenvalue weighted by molar-refractivity contribution is 7.09. The number of allylic oxidation sites excluding steroid dienone is 5. The first-order valence-electron chi connectivity index (χ1n) is 9.40. The molecule has 4 heterocycles. The minimum Gasteiger partial charge on any atom is -0.261 e. The van der Waals surface area contributed by atoms with Crippen LogP contribution in [-0.4, -0.2) is 29.9 Å². The zero-order valence-corrected chi connectivity index (χ0v) is 16.8. The second-order valence-electron chi connectivity index (χ2n) is 7.38. The van der Waals surface area contributed by atoms with Gasteiger partial charge in [-0.25, -0.2) is 0 Å². The van der Waals surface area contributed by atoms with Gasteiger partial charge in [0.1, 0.15) is 5.69 Å². The molecule has 3 aromatic rings. The van der Waals surface area contributed by atoms with E-state index in [1.54, 1.807) is 0 Å². The summed E-state index contributed by atoms with van der Waals surface area (Å²) in [4.78, 5) is 5.56. The lowest BCUT2D eigenvalue weighted by atomic mass is 9.80. The van der Waals surface area contributed by atoms with Crippen LogP contribution in [0.4, 0.5) is 0 Å². The van der Waals surface area contributed by atoms with Gasteiger partial charge in [0.15, 0.2) is 11.5 Å². The number of hydrogen-bond acceptors (Lipinski definition) is 6. The summed E-state index contributed by atoms with van der Waals surface area (Å²) in [7, 11) is 0. The molecule has 0 spiro atoms. The molecule has 0 fully saturated rings. The van der Waals surface area contributed by atoms with Crippen LogP contribution in [0.1, 0.15) is 31.3 Å². The van der Waals surface area contributed by atoms with Gasteiger partial charge in [-0.1, -0.05) is 32.1 Å². The molecule has 0 aromatic carbocycles. The molecule has 0 saturated carbocycles. The third-order valence-electron chi connectivity index (χ3n) is 5.39. The molecule has 1 aliphatic heterocycles. The monoisotopic (exact) mass is 388 g/mol. The van der Waals surface area contributed by atoms with E-state index in [1.165, 1.54) is 17.1 Å². The number of rotatable bonds is 3. The molecular formula is C21H20N6S. The fraction of sp³-hybridized carbons (Fsp3) is 0.286. The highest BCUT2D eigenvalue weighted by atomic mass is 32.1. The number of aromatic nitrogens is 5. The topological polar surface area (TPSA) is 68.3 Å². The number of aryl methyl sites for hydroxylation is 1. The first kappa shape index (κ1) is 17.2. The van der Waals surface area contributed by atoms with Gasteiger partial charge in [-0.05, 0) is 54.2 Å². The summed E-state index contributed by atoms with van der Waals surface area (Å²) in [6.45, 7) is 6.38. The standard InChI is InChI=1S/C21H20N6S/c1-12-8-9-22-17-5-4-15(11-16(12)17)14(3)21-24-23-20-7-6-18(25-27(20)21)19-10-13(2)26-28-19/h4-12,14,16H,1-3H3/t12?,14-,16?/m0/s1. The number of nitrogens with zero attached hydrogens (tertiary/aromatic N) is 6.